The van der Waals surface area contributed by atoms with E-state index < -0.39 is 19.0 Å². The number of halogens is 1. The number of ether oxygens (including phenoxy) is 1. The lowest BCUT2D eigenvalue weighted by Gasteiger charge is -2.30. The second-order valence-corrected chi connectivity index (χ2v) is 5.72. The van der Waals surface area contributed by atoms with Crippen molar-refractivity contribution in [3.63, 3.8) is 0 Å². The summed E-state index contributed by atoms with van der Waals surface area (Å²) in [4.78, 5) is 13.9. The lowest BCUT2D eigenvalue weighted by Crippen LogP contribution is -2.40. The first-order valence-electron chi connectivity index (χ1n) is 7.48. The second kappa shape index (κ2) is 7.56. The van der Waals surface area contributed by atoms with Gasteiger partial charge in [-0.1, -0.05) is 6.92 Å². The smallest absolute Gasteiger partial charge is 0.260 e. The van der Waals surface area contributed by atoms with Crippen LogP contribution in [-0.2, 0) is 18.0 Å². The summed E-state index contributed by atoms with van der Waals surface area (Å²) < 4.78 is 18.8. The van der Waals surface area contributed by atoms with E-state index in [0.717, 1.165) is 25.0 Å². The van der Waals surface area contributed by atoms with Crippen molar-refractivity contribution in [2.75, 3.05) is 19.7 Å². The fourth-order valence-electron chi connectivity index (χ4n) is 2.62. The van der Waals surface area contributed by atoms with Crippen molar-refractivity contribution < 1.29 is 24.1 Å². The van der Waals surface area contributed by atoms with Crippen LogP contribution in [0.5, 0.6) is 5.75 Å². The fraction of sp³-hybridized carbons (Fsp3) is 0.562. The van der Waals surface area contributed by atoms with Gasteiger partial charge in [0.25, 0.3) is 5.91 Å². The van der Waals surface area contributed by atoms with Gasteiger partial charge < -0.3 is 19.8 Å². The van der Waals surface area contributed by atoms with E-state index >= 15 is 0 Å². The van der Waals surface area contributed by atoms with Gasteiger partial charge in [-0.25, -0.2) is 4.39 Å². The van der Waals surface area contributed by atoms with Gasteiger partial charge >= 0.3 is 0 Å². The molecule has 1 heterocycles. The Morgan fingerprint density at radius 1 is 1.27 bits per heavy atom. The van der Waals surface area contributed by atoms with Crippen molar-refractivity contribution in [2.45, 2.75) is 33.0 Å². The quantitative estimate of drug-likeness (QED) is 0.863. The number of nitrogens with zero attached hydrogens (tertiary/aromatic N) is 1. The summed E-state index contributed by atoms with van der Waals surface area (Å²) in [6.45, 7) is 2.57. The molecule has 6 heteroatoms. The molecule has 0 atom stereocenters. The molecule has 5 nitrogen and oxygen atoms in total. The third-order valence-electron chi connectivity index (χ3n) is 4.02. The summed E-state index contributed by atoms with van der Waals surface area (Å²) >= 11 is 0. The van der Waals surface area contributed by atoms with E-state index in [9.17, 15) is 19.4 Å². The minimum absolute atomic E-state index is 0.135. The summed E-state index contributed by atoms with van der Waals surface area (Å²) in [6.07, 6.45) is 1.96. The number of hydrogen-bond donors (Lipinski definition) is 2. The van der Waals surface area contributed by atoms with Gasteiger partial charge in [0.15, 0.2) is 6.61 Å². The Labute approximate surface area is 129 Å². The first-order valence-corrected chi connectivity index (χ1v) is 7.48. The summed E-state index contributed by atoms with van der Waals surface area (Å²) in [5.41, 5.74) is 0.452. The highest BCUT2D eigenvalue weighted by Crippen LogP contribution is 2.26. The normalized spacial score (nSPS) is 15.9. The SMILES string of the molecule is CC1CCN(C(=O)COc2c(CO)cc(F)cc2CO)CC1. The number of aliphatic hydroxyl groups excluding tert-OH is 2. The van der Waals surface area contributed by atoms with E-state index in [-0.39, 0.29) is 29.4 Å². The summed E-state index contributed by atoms with van der Waals surface area (Å²) in [6, 6.07) is 2.28. The molecule has 1 saturated heterocycles. The Morgan fingerprint density at radius 3 is 2.32 bits per heavy atom. The standard InChI is InChI=1S/C16H22FNO4/c1-11-2-4-18(5-3-11)15(21)10-22-16-12(8-19)6-14(17)7-13(16)9-20/h6-7,11,19-20H,2-5,8-10H2,1H3. The first-order chi connectivity index (χ1) is 10.5. The summed E-state index contributed by atoms with van der Waals surface area (Å²) in [5, 5.41) is 18.6. The molecule has 0 saturated carbocycles. The van der Waals surface area contributed by atoms with Crippen molar-refractivity contribution in [1.82, 2.24) is 4.90 Å². The van der Waals surface area contributed by atoms with E-state index in [4.69, 9.17) is 4.74 Å². The number of benzene rings is 1. The molecule has 1 aliphatic heterocycles. The minimum Gasteiger partial charge on any atom is -0.483 e. The van der Waals surface area contributed by atoms with E-state index in [1.807, 2.05) is 0 Å². The average molecular weight is 311 g/mol. The number of carbonyl (C=O) groups excluding carboxylic acids is 1. The molecular weight excluding hydrogens is 289 g/mol. The number of hydrogen-bond acceptors (Lipinski definition) is 4. The van der Waals surface area contributed by atoms with Gasteiger partial charge in [0.2, 0.25) is 0 Å². The van der Waals surface area contributed by atoms with Crippen molar-refractivity contribution in [2.24, 2.45) is 5.92 Å². The zero-order valence-electron chi connectivity index (χ0n) is 12.7. The van der Waals surface area contributed by atoms with Crippen molar-refractivity contribution in [1.29, 1.82) is 0 Å². The van der Waals surface area contributed by atoms with Gasteiger partial charge in [0, 0.05) is 24.2 Å². The van der Waals surface area contributed by atoms with Crippen LogP contribution in [0, 0.1) is 11.7 Å². The minimum atomic E-state index is -0.559. The Bertz CT molecular complexity index is 502. The molecule has 1 amide bonds. The number of piperidine rings is 1. The van der Waals surface area contributed by atoms with Crippen LogP contribution < -0.4 is 4.74 Å². The number of rotatable bonds is 5. The van der Waals surface area contributed by atoms with Crippen molar-refractivity contribution in [3.8, 4) is 5.75 Å². The molecule has 0 radical (unpaired) electrons. The molecule has 0 aromatic heterocycles. The Balaban J connectivity index is 2.03. The van der Waals surface area contributed by atoms with Crippen LogP contribution >= 0.6 is 0 Å². The van der Waals surface area contributed by atoms with E-state index in [0.29, 0.717) is 19.0 Å². The summed E-state index contributed by atoms with van der Waals surface area (Å²) in [7, 11) is 0. The van der Waals surface area contributed by atoms with Crippen LogP contribution in [0.15, 0.2) is 12.1 Å². The molecule has 122 valence electrons. The molecule has 0 spiro atoms. The predicted molar refractivity (Wildman–Crippen MR) is 78.7 cm³/mol. The topological polar surface area (TPSA) is 70.0 Å². The third-order valence-corrected chi connectivity index (χ3v) is 4.02. The van der Waals surface area contributed by atoms with Gasteiger partial charge in [-0.2, -0.15) is 0 Å². The fourth-order valence-corrected chi connectivity index (χ4v) is 2.62. The summed E-state index contributed by atoms with van der Waals surface area (Å²) in [5.74, 6) is 0.120. The lowest BCUT2D eigenvalue weighted by molar-refractivity contribution is -0.134. The monoisotopic (exact) mass is 311 g/mol. The largest absolute Gasteiger partial charge is 0.483 e. The van der Waals surface area contributed by atoms with Crippen LogP contribution in [0.1, 0.15) is 30.9 Å². The average Bonchev–Trinajstić information content (AvgIpc) is 2.53. The Kier molecular flexibility index (Phi) is 5.74. The number of carbonyl (C=O) groups is 1. The zero-order valence-corrected chi connectivity index (χ0v) is 12.7. The highest BCUT2D eigenvalue weighted by Gasteiger charge is 2.21. The number of aliphatic hydroxyl groups is 2. The van der Waals surface area contributed by atoms with Gasteiger partial charge in [0.05, 0.1) is 13.2 Å². The molecule has 2 N–H and O–H groups in total. The van der Waals surface area contributed by atoms with Gasteiger partial charge in [0.1, 0.15) is 11.6 Å². The highest BCUT2D eigenvalue weighted by atomic mass is 19.1. The molecule has 1 aromatic carbocycles. The van der Waals surface area contributed by atoms with Crippen LogP contribution in [0.2, 0.25) is 0 Å². The molecular formula is C16H22FNO4. The van der Waals surface area contributed by atoms with Gasteiger partial charge in [-0.05, 0) is 30.9 Å². The molecule has 0 unspecified atom stereocenters. The maximum absolute atomic E-state index is 13.4. The van der Waals surface area contributed by atoms with Crippen LogP contribution in [0.25, 0.3) is 0 Å². The predicted octanol–water partition coefficient (Wildman–Crippen LogP) is 1.45. The lowest BCUT2D eigenvalue weighted by atomic mass is 9.99. The maximum Gasteiger partial charge on any atom is 0.260 e. The van der Waals surface area contributed by atoms with Gasteiger partial charge in [-0.3, -0.25) is 4.79 Å². The van der Waals surface area contributed by atoms with Crippen LogP contribution in [0.3, 0.4) is 0 Å². The highest BCUT2D eigenvalue weighted by molar-refractivity contribution is 5.78. The van der Waals surface area contributed by atoms with E-state index in [2.05, 4.69) is 6.92 Å². The third kappa shape index (κ3) is 3.96. The molecule has 0 aliphatic carbocycles. The molecule has 1 fully saturated rings. The molecule has 22 heavy (non-hydrogen) atoms. The zero-order chi connectivity index (χ0) is 16.1. The number of amides is 1. The Morgan fingerprint density at radius 2 is 1.82 bits per heavy atom. The second-order valence-electron chi connectivity index (χ2n) is 5.72. The van der Waals surface area contributed by atoms with Gasteiger partial charge in [-0.15, -0.1) is 0 Å². The molecule has 2 rings (SSSR count). The Hall–Kier alpha value is -1.66. The van der Waals surface area contributed by atoms with Crippen molar-refractivity contribution >= 4 is 5.91 Å². The molecule has 1 aliphatic rings. The number of likely N-dealkylation sites (tertiary alicyclic amines) is 1. The van der Waals surface area contributed by atoms with Crippen LogP contribution in [-0.4, -0.2) is 40.7 Å². The molecule has 0 bridgehead atoms. The van der Waals surface area contributed by atoms with E-state index in [1.165, 1.54) is 0 Å². The van der Waals surface area contributed by atoms with E-state index in [1.54, 1.807) is 4.90 Å². The molecule has 1 aromatic rings. The first kappa shape index (κ1) is 16.7. The maximum atomic E-state index is 13.4. The van der Waals surface area contributed by atoms with Crippen LogP contribution in [0.4, 0.5) is 4.39 Å². The van der Waals surface area contributed by atoms with Crippen molar-refractivity contribution in [3.05, 3.63) is 29.1 Å².